The molecule has 5 N–H and O–H groups in total. The fourth-order valence-corrected chi connectivity index (χ4v) is 1.35. The average molecular weight is 268 g/mol. The molecule has 0 radical (unpaired) electrons. The highest BCUT2D eigenvalue weighted by molar-refractivity contribution is 5.80. The second-order valence-corrected chi connectivity index (χ2v) is 3.75. The first-order valence-corrected chi connectivity index (χ1v) is 6.03. The van der Waals surface area contributed by atoms with Gasteiger partial charge >= 0.3 is 0 Å². The Morgan fingerprint density at radius 1 is 1.42 bits per heavy atom. The molecule has 0 spiro atoms. The Morgan fingerprint density at radius 2 is 2.16 bits per heavy atom. The Bertz CT molecular complexity index is 390. The number of nitrogens with zero attached hydrogens (tertiary/aromatic N) is 2. The highest BCUT2D eigenvalue weighted by atomic mass is 16.5. The lowest BCUT2D eigenvalue weighted by Crippen LogP contribution is -2.32. The average Bonchev–Trinajstić information content (AvgIpc) is 2.45. The van der Waals surface area contributed by atoms with Crippen molar-refractivity contribution in [1.82, 2.24) is 15.3 Å². The quantitative estimate of drug-likeness (QED) is 0.285. The predicted octanol–water partition coefficient (Wildman–Crippen LogP) is -0.501. The van der Waals surface area contributed by atoms with Gasteiger partial charge in [-0.1, -0.05) is 6.92 Å². The summed E-state index contributed by atoms with van der Waals surface area (Å²) in [6, 6.07) is 1.64. The zero-order chi connectivity index (χ0) is 14.1. The Balaban J connectivity index is 2.50. The van der Waals surface area contributed by atoms with Crippen LogP contribution < -0.4 is 21.9 Å². The number of methoxy groups -OCH3 is 1. The number of nitrogen functional groups attached to an aromatic ring is 1. The Kier molecular flexibility index (Phi) is 6.55. The number of carbonyl (C=O) groups is 1. The van der Waals surface area contributed by atoms with Crippen LogP contribution in [0.25, 0.3) is 0 Å². The first-order chi connectivity index (χ1) is 9.19. The van der Waals surface area contributed by atoms with Gasteiger partial charge in [-0.15, -0.1) is 0 Å². The number of hydrogen-bond donors (Lipinski definition) is 4. The molecule has 8 nitrogen and oxygen atoms in total. The lowest BCUT2D eigenvalue weighted by molar-refractivity contribution is -0.119. The number of hydrazine groups is 1. The van der Waals surface area contributed by atoms with Gasteiger partial charge in [0.15, 0.2) is 0 Å². The van der Waals surface area contributed by atoms with Crippen LogP contribution >= 0.6 is 0 Å². The number of aryl methyl sites for hydroxylation is 1. The number of anilines is 2. The van der Waals surface area contributed by atoms with Gasteiger partial charge in [0.2, 0.25) is 5.91 Å². The number of amides is 1. The molecule has 0 aliphatic carbocycles. The van der Waals surface area contributed by atoms with E-state index in [0.717, 1.165) is 0 Å². The first-order valence-electron chi connectivity index (χ1n) is 6.03. The van der Waals surface area contributed by atoms with Crippen LogP contribution in [0.15, 0.2) is 6.07 Å². The maximum atomic E-state index is 11.5. The number of rotatable bonds is 8. The van der Waals surface area contributed by atoms with Gasteiger partial charge in [0.25, 0.3) is 0 Å². The van der Waals surface area contributed by atoms with Crippen molar-refractivity contribution in [3.63, 3.8) is 0 Å². The van der Waals surface area contributed by atoms with E-state index in [0.29, 0.717) is 37.0 Å². The fourth-order valence-electron chi connectivity index (χ4n) is 1.35. The van der Waals surface area contributed by atoms with E-state index >= 15 is 0 Å². The molecule has 0 saturated carbocycles. The van der Waals surface area contributed by atoms with Crippen LogP contribution in [0, 0.1) is 0 Å². The van der Waals surface area contributed by atoms with Crippen LogP contribution in [0.1, 0.15) is 12.7 Å². The molecule has 0 bridgehead atoms. The summed E-state index contributed by atoms with van der Waals surface area (Å²) >= 11 is 0. The fraction of sp³-hybridized carbons (Fsp3) is 0.545. The van der Waals surface area contributed by atoms with E-state index in [-0.39, 0.29) is 12.5 Å². The third-order valence-electron chi connectivity index (χ3n) is 2.29. The molecule has 1 aromatic rings. The number of nitrogens with two attached hydrogens (primary N) is 1. The van der Waals surface area contributed by atoms with Crippen molar-refractivity contribution in [3.8, 4) is 0 Å². The van der Waals surface area contributed by atoms with Crippen LogP contribution in [0.2, 0.25) is 0 Å². The molecule has 0 saturated heterocycles. The molecule has 106 valence electrons. The van der Waals surface area contributed by atoms with Crippen LogP contribution in [0.4, 0.5) is 11.6 Å². The molecule has 1 rings (SSSR count). The minimum Gasteiger partial charge on any atom is -0.383 e. The number of hydrogen-bond acceptors (Lipinski definition) is 7. The normalized spacial score (nSPS) is 10.1. The number of aromatic nitrogens is 2. The van der Waals surface area contributed by atoms with E-state index in [2.05, 4.69) is 26.0 Å². The van der Waals surface area contributed by atoms with Gasteiger partial charge < -0.3 is 20.8 Å². The molecule has 0 atom stereocenters. The van der Waals surface area contributed by atoms with Crippen molar-refractivity contribution < 1.29 is 9.53 Å². The van der Waals surface area contributed by atoms with E-state index < -0.39 is 0 Å². The van der Waals surface area contributed by atoms with E-state index in [1.54, 1.807) is 13.2 Å². The third kappa shape index (κ3) is 5.49. The van der Waals surface area contributed by atoms with Crippen LogP contribution in [-0.2, 0) is 16.0 Å². The van der Waals surface area contributed by atoms with Crippen LogP contribution in [0.3, 0.4) is 0 Å². The SMILES string of the molecule is CCc1nc(NN)cc(NCC(=O)NCCOC)n1. The van der Waals surface area contributed by atoms with Crippen molar-refractivity contribution in [2.24, 2.45) is 5.84 Å². The predicted molar refractivity (Wildman–Crippen MR) is 72.6 cm³/mol. The highest BCUT2D eigenvalue weighted by Crippen LogP contribution is 2.10. The van der Waals surface area contributed by atoms with Crippen molar-refractivity contribution in [3.05, 3.63) is 11.9 Å². The zero-order valence-electron chi connectivity index (χ0n) is 11.2. The largest absolute Gasteiger partial charge is 0.383 e. The zero-order valence-corrected chi connectivity index (χ0v) is 11.2. The van der Waals surface area contributed by atoms with Gasteiger partial charge in [0, 0.05) is 26.1 Å². The summed E-state index contributed by atoms with van der Waals surface area (Å²) in [4.78, 5) is 19.9. The minimum absolute atomic E-state index is 0.129. The van der Waals surface area contributed by atoms with Crippen molar-refractivity contribution in [1.29, 1.82) is 0 Å². The summed E-state index contributed by atoms with van der Waals surface area (Å²) in [5.41, 5.74) is 2.46. The molecule has 0 aliphatic heterocycles. The monoisotopic (exact) mass is 268 g/mol. The van der Waals surface area contributed by atoms with Crippen molar-refractivity contribution >= 4 is 17.5 Å². The Hall–Kier alpha value is -1.93. The number of ether oxygens (including phenoxy) is 1. The molecular weight excluding hydrogens is 248 g/mol. The Labute approximate surface area is 112 Å². The molecule has 0 aliphatic rings. The topological polar surface area (TPSA) is 114 Å². The summed E-state index contributed by atoms with van der Waals surface area (Å²) in [6.45, 7) is 3.04. The molecular formula is C11H20N6O2. The molecule has 8 heteroatoms. The molecule has 19 heavy (non-hydrogen) atoms. The molecule has 0 unspecified atom stereocenters. The van der Waals surface area contributed by atoms with E-state index in [9.17, 15) is 4.79 Å². The van der Waals surface area contributed by atoms with E-state index in [1.807, 2.05) is 6.92 Å². The third-order valence-corrected chi connectivity index (χ3v) is 2.29. The minimum atomic E-state index is -0.129. The lowest BCUT2D eigenvalue weighted by atomic mass is 10.4. The van der Waals surface area contributed by atoms with Crippen molar-refractivity contribution in [2.75, 3.05) is 37.5 Å². The second kappa shape index (κ2) is 8.22. The number of carbonyl (C=O) groups excluding carboxylic acids is 1. The first kappa shape index (κ1) is 15.1. The van der Waals surface area contributed by atoms with Gasteiger partial charge in [-0.25, -0.2) is 15.8 Å². The standard InChI is InChI=1S/C11H20N6O2/c1-3-8-15-9(6-10(16-8)17-12)14-7-11(18)13-4-5-19-2/h6H,3-5,7,12H2,1-2H3,(H,13,18)(H2,14,15,16,17). The summed E-state index contributed by atoms with van der Waals surface area (Å²) < 4.78 is 4.84. The van der Waals surface area contributed by atoms with Gasteiger partial charge in [-0.05, 0) is 0 Å². The molecule has 0 aromatic carbocycles. The van der Waals surface area contributed by atoms with E-state index in [4.69, 9.17) is 10.6 Å². The van der Waals surface area contributed by atoms with Crippen LogP contribution in [-0.4, -0.2) is 42.7 Å². The second-order valence-electron chi connectivity index (χ2n) is 3.75. The Morgan fingerprint density at radius 3 is 2.79 bits per heavy atom. The smallest absolute Gasteiger partial charge is 0.239 e. The van der Waals surface area contributed by atoms with Gasteiger partial charge in [0.1, 0.15) is 17.5 Å². The molecule has 1 amide bonds. The summed E-state index contributed by atoms with van der Waals surface area (Å²) in [5.74, 6) is 6.91. The maximum absolute atomic E-state index is 11.5. The molecule has 1 aromatic heterocycles. The summed E-state index contributed by atoms with van der Waals surface area (Å²) in [5, 5.41) is 5.62. The maximum Gasteiger partial charge on any atom is 0.239 e. The summed E-state index contributed by atoms with van der Waals surface area (Å²) in [7, 11) is 1.58. The molecule has 1 heterocycles. The van der Waals surface area contributed by atoms with Gasteiger partial charge in [-0.3, -0.25) is 4.79 Å². The van der Waals surface area contributed by atoms with E-state index in [1.165, 1.54) is 0 Å². The molecule has 0 fully saturated rings. The summed E-state index contributed by atoms with van der Waals surface area (Å²) in [6.07, 6.45) is 0.685. The van der Waals surface area contributed by atoms with Gasteiger partial charge in [0.05, 0.1) is 13.2 Å². The van der Waals surface area contributed by atoms with Crippen molar-refractivity contribution in [2.45, 2.75) is 13.3 Å². The highest BCUT2D eigenvalue weighted by Gasteiger charge is 2.05. The lowest BCUT2D eigenvalue weighted by Gasteiger charge is -2.09. The number of nitrogens with one attached hydrogen (secondary N) is 3. The van der Waals surface area contributed by atoms with Gasteiger partial charge in [-0.2, -0.15) is 0 Å². The van der Waals surface area contributed by atoms with Crippen LogP contribution in [0.5, 0.6) is 0 Å².